The summed E-state index contributed by atoms with van der Waals surface area (Å²) in [4.78, 5) is 0. The van der Waals surface area contributed by atoms with Crippen LogP contribution in [0, 0.1) is 0 Å². The Bertz CT molecular complexity index is 509. The predicted octanol–water partition coefficient (Wildman–Crippen LogP) is 3.21. The number of fused-ring (bicyclic) bond motifs is 1. The molecular weight excluding hydrogens is 210 g/mol. The van der Waals surface area contributed by atoms with E-state index in [9.17, 15) is 0 Å². The highest BCUT2D eigenvalue weighted by molar-refractivity contribution is 5.38. The summed E-state index contributed by atoms with van der Waals surface area (Å²) >= 11 is 0. The van der Waals surface area contributed by atoms with Crippen molar-refractivity contribution < 1.29 is 4.74 Å². The van der Waals surface area contributed by atoms with Crippen LogP contribution in [0.3, 0.4) is 0 Å². The Labute approximate surface area is 101 Å². The molecule has 17 heavy (non-hydrogen) atoms. The van der Waals surface area contributed by atoms with Crippen molar-refractivity contribution in [2.24, 2.45) is 5.73 Å². The first-order valence-electron chi connectivity index (χ1n) is 5.91. The first-order valence-corrected chi connectivity index (χ1v) is 5.91. The van der Waals surface area contributed by atoms with Crippen molar-refractivity contribution in [3.63, 3.8) is 0 Å². The number of ether oxygens (including phenoxy) is 1. The monoisotopic (exact) mass is 225 g/mol. The molecule has 2 heteroatoms. The molecular formula is C15H15NO. The highest BCUT2D eigenvalue weighted by Crippen LogP contribution is 2.39. The summed E-state index contributed by atoms with van der Waals surface area (Å²) in [5.41, 5.74) is 8.50. The summed E-state index contributed by atoms with van der Waals surface area (Å²) < 4.78 is 6.01. The lowest BCUT2D eigenvalue weighted by molar-refractivity contribution is 0.161. The molecule has 0 saturated heterocycles. The number of nitrogens with two attached hydrogens (primary N) is 1. The third-order valence-corrected chi connectivity index (χ3v) is 3.23. The molecule has 86 valence electrons. The Morgan fingerprint density at radius 2 is 1.65 bits per heavy atom. The summed E-state index contributed by atoms with van der Waals surface area (Å²) in [5.74, 6) is 0.917. The molecule has 1 aliphatic rings. The third-order valence-electron chi connectivity index (χ3n) is 3.23. The molecule has 0 amide bonds. The largest absolute Gasteiger partial charge is 0.485 e. The van der Waals surface area contributed by atoms with Crippen LogP contribution in [0.25, 0.3) is 0 Å². The zero-order chi connectivity index (χ0) is 11.7. The van der Waals surface area contributed by atoms with E-state index in [2.05, 4.69) is 12.1 Å². The van der Waals surface area contributed by atoms with E-state index in [1.807, 2.05) is 42.5 Å². The van der Waals surface area contributed by atoms with E-state index < -0.39 is 0 Å². The minimum absolute atomic E-state index is 0.0603. The highest BCUT2D eigenvalue weighted by atomic mass is 16.5. The molecule has 2 nitrogen and oxygen atoms in total. The molecule has 2 aromatic carbocycles. The fraction of sp³-hybridized carbons (Fsp3) is 0.200. The van der Waals surface area contributed by atoms with Crippen molar-refractivity contribution in [2.75, 3.05) is 0 Å². The molecule has 2 aromatic rings. The van der Waals surface area contributed by atoms with Gasteiger partial charge in [-0.05, 0) is 11.6 Å². The Hall–Kier alpha value is -1.80. The molecule has 0 aliphatic carbocycles. The Morgan fingerprint density at radius 1 is 0.941 bits per heavy atom. The van der Waals surface area contributed by atoms with Gasteiger partial charge in [-0.25, -0.2) is 0 Å². The number of hydrogen-bond donors (Lipinski definition) is 1. The molecule has 2 N–H and O–H groups in total. The molecule has 0 fully saturated rings. The van der Waals surface area contributed by atoms with Gasteiger partial charge >= 0.3 is 0 Å². The van der Waals surface area contributed by atoms with Crippen molar-refractivity contribution in [2.45, 2.75) is 18.6 Å². The second kappa shape index (κ2) is 4.22. The van der Waals surface area contributed by atoms with Crippen LogP contribution in [0.2, 0.25) is 0 Å². The molecule has 0 radical (unpaired) electrons. The van der Waals surface area contributed by atoms with E-state index in [4.69, 9.17) is 10.5 Å². The van der Waals surface area contributed by atoms with Gasteiger partial charge in [-0.15, -0.1) is 0 Å². The van der Waals surface area contributed by atoms with Crippen molar-refractivity contribution in [1.29, 1.82) is 0 Å². The minimum atomic E-state index is 0.0603. The minimum Gasteiger partial charge on any atom is -0.485 e. The number of rotatable bonds is 1. The molecule has 2 unspecified atom stereocenters. The van der Waals surface area contributed by atoms with E-state index in [0.29, 0.717) is 0 Å². The van der Waals surface area contributed by atoms with Gasteiger partial charge in [0.25, 0.3) is 0 Å². The Morgan fingerprint density at radius 3 is 2.47 bits per heavy atom. The maximum Gasteiger partial charge on any atom is 0.126 e. The van der Waals surface area contributed by atoms with Crippen molar-refractivity contribution in [3.8, 4) is 5.75 Å². The van der Waals surface area contributed by atoms with Crippen molar-refractivity contribution in [1.82, 2.24) is 0 Å². The smallest absolute Gasteiger partial charge is 0.126 e. The molecule has 2 atom stereocenters. The van der Waals surface area contributed by atoms with Crippen molar-refractivity contribution >= 4 is 0 Å². The first-order chi connectivity index (χ1) is 8.34. The molecule has 0 aromatic heterocycles. The first kappa shape index (κ1) is 10.4. The van der Waals surface area contributed by atoms with Crippen LogP contribution in [0.5, 0.6) is 5.75 Å². The van der Waals surface area contributed by atoms with Crippen LogP contribution in [0.15, 0.2) is 54.6 Å². The number of hydrogen-bond acceptors (Lipinski definition) is 2. The average molecular weight is 225 g/mol. The van der Waals surface area contributed by atoms with Crippen LogP contribution >= 0.6 is 0 Å². The zero-order valence-electron chi connectivity index (χ0n) is 9.54. The van der Waals surface area contributed by atoms with Gasteiger partial charge in [0, 0.05) is 18.0 Å². The number of para-hydroxylation sites is 1. The quantitative estimate of drug-likeness (QED) is 0.808. The molecule has 0 bridgehead atoms. The van der Waals surface area contributed by atoms with Gasteiger partial charge < -0.3 is 10.5 Å². The van der Waals surface area contributed by atoms with Crippen LogP contribution in [0.4, 0.5) is 0 Å². The van der Waals surface area contributed by atoms with E-state index in [1.165, 1.54) is 5.56 Å². The summed E-state index contributed by atoms with van der Waals surface area (Å²) in [7, 11) is 0. The topological polar surface area (TPSA) is 35.2 Å². The summed E-state index contributed by atoms with van der Waals surface area (Å²) in [5, 5.41) is 0. The van der Waals surface area contributed by atoms with Gasteiger partial charge in [-0.1, -0.05) is 48.5 Å². The Kier molecular flexibility index (Phi) is 2.57. The lowest BCUT2D eigenvalue weighted by Gasteiger charge is -2.30. The second-order valence-electron chi connectivity index (χ2n) is 4.40. The van der Waals surface area contributed by atoms with E-state index >= 15 is 0 Å². The van der Waals surface area contributed by atoms with E-state index in [-0.39, 0.29) is 12.1 Å². The van der Waals surface area contributed by atoms with Crippen LogP contribution < -0.4 is 10.5 Å². The highest BCUT2D eigenvalue weighted by Gasteiger charge is 2.26. The third kappa shape index (κ3) is 1.92. The normalized spacial score (nSPS) is 22.6. The lowest BCUT2D eigenvalue weighted by Crippen LogP contribution is -2.23. The van der Waals surface area contributed by atoms with Crippen LogP contribution in [-0.2, 0) is 0 Å². The van der Waals surface area contributed by atoms with E-state index in [0.717, 1.165) is 17.7 Å². The standard InChI is InChI=1S/C15H15NO/c16-13-10-15(11-6-2-1-3-7-11)17-14-9-5-4-8-12(13)14/h1-9,13,15H,10,16H2. The van der Waals surface area contributed by atoms with Gasteiger partial charge in [0.15, 0.2) is 0 Å². The summed E-state index contributed by atoms with van der Waals surface area (Å²) in [6.45, 7) is 0. The number of benzene rings is 2. The van der Waals surface area contributed by atoms with Gasteiger partial charge in [0.2, 0.25) is 0 Å². The zero-order valence-corrected chi connectivity index (χ0v) is 9.54. The SMILES string of the molecule is NC1CC(c2ccccc2)Oc2ccccc21. The molecule has 3 rings (SSSR count). The maximum atomic E-state index is 6.19. The maximum absolute atomic E-state index is 6.19. The summed E-state index contributed by atoms with van der Waals surface area (Å²) in [6, 6.07) is 18.3. The van der Waals surface area contributed by atoms with Gasteiger partial charge in [-0.2, -0.15) is 0 Å². The average Bonchev–Trinajstić information content (AvgIpc) is 2.40. The molecule has 0 spiro atoms. The van der Waals surface area contributed by atoms with Gasteiger partial charge in [0.1, 0.15) is 11.9 Å². The van der Waals surface area contributed by atoms with Gasteiger partial charge in [0.05, 0.1) is 0 Å². The fourth-order valence-corrected chi connectivity index (χ4v) is 2.32. The van der Waals surface area contributed by atoms with Crippen LogP contribution in [0.1, 0.15) is 29.7 Å². The Balaban J connectivity index is 1.94. The van der Waals surface area contributed by atoms with Crippen LogP contribution in [-0.4, -0.2) is 0 Å². The molecule has 1 heterocycles. The molecule has 1 aliphatic heterocycles. The fourth-order valence-electron chi connectivity index (χ4n) is 2.32. The second-order valence-corrected chi connectivity index (χ2v) is 4.40. The van der Waals surface area contributed by atoms with E-state index in [1.54, 1.807) is 0 Å². The molecule has 0 saturated carbocycles. The lowest BCUT2D eigenvalue weighted by atomic mass is 9.94. The van der Waals surface area contributed by atoms with Gasteiger partial charge in [-0.3, -0.25) is 0 Å². The summed E-state index contributed by atoms with van der Waals surface area (Å²) in [6.07, 6.45) is 0.905. The predicted molar refractivity (Wildman–Crippen MR) is 67.8 cm³/mol. The van der Waals surface area contributed by atoms with Crippen molar-refractivity contribution in [3.05, 3.63) is 65.7 Å².